The third-order valence-corrected chi connectivity index (χ3v) is 3.50. The number of hydrogen-bond acceptors (Lipinski definition) is 3. The fourth-order valence-electron chi connectivity index (χ4n) is 1.57. The van der Waals surface area contributed by atoms with Crippen molar-refractivity contribution >= 4 is 17.7 Å². The van der Waals surface area contributed by atoms with Crippen molar-refractivity contribution < 1.29 is 23.1 Å². The molecule has 7 heteroatoms. The fourth-order valence-corrected chi connectivity index (χ4v) is 2.11. The summed E-state index contributed by atoms with van der Waals surface area (Å²) in [5.41, 5.74) is -3.91. The van der Waals surface area contributed by atoms with Gasteiger partial charge in [0.05, 0.1) is 0 Å². The molecule has 112 valence electrons. The van der Waals surface area contributed by atoms with Crippen molar-refractivity contribution in [3.05, 3.63) is 29.8 Å². The molecule has 0 aromatic heterocycles. The zero-order valence-electron chi connectivity index (χ0n) is 11.1. The number of alkyl halides is 3. The molecule has 0 radical (unpaired) electrons. The van der Waals surface area contributed by atoms with E-state index in [0.29, 0.717) is 5.56 Å². The van der Waals surface area contributed by atoms with E-state index in [9.17, 15) is 23.1 Å². The first-order valence-corrected chi connectivity index (χ1v) is 6.89. The topological polar surface area (TPSA) is 49.3 Å². The summed E-state index contributed by atoms with van der Waals surface area (Å²) >= 11 is -0.220. The van der Waals surface area contributed by atoms with E-state index in [4.69, 9.17) is 0 Å². The fraction of sp³-hybridized carbons (Fsp3) is 0.462. The molecule has 20 heavy (non-hydrogen) atoms. The van der Waals surface area contributed by atoms with E-state index < -0.39 is 17.5 Å². The van der Waals surface area contributed by atoms with Crippen LogP contribution in [0.4, 0.5) is 13.2 Å². The van der Waals surface area contributed by atoms with Crippen molar-refractivity contribution in [1.82, 2.24) is 5.32 Å². The summed E-state index contributed by atoms with van der Waals surface area (Å²) in [6.45, 7) is 3.77. The maximum absolute atomic E-state index is 12.2. The summed E-state index contributed by atoms with van der Waals surface area (Å²) in [6, 6.07) is 4.45. The molecule has 0 aliphatic carbocycles. The van der Waals surface area contributed by atoms with Gasteiger partial charge in [-0.2, -0.15) is 13.2 Å². The van der Waals surface area contributed by atoms with Crippen molar-refractivity contribution in [2.24, 2.45) is 0 Å². The van der Waals surface area contributed by atoms with Crippen LogP contribution >= 0.6 is 11.8 Å². The van der Waals surface area contributed by atoms with E-state index >= 15 is 0 Å². The van der Waals surface area contributed by atoms with Gasteiger partial charge in [-0.15, -0.1) is 0 Å². The van der Waals surface area contributed by atoms with Gasteiger partial charge in [0.1, 0.15) is 6.04 Å². The maximum atomic E-state index is 12.2. The highest BCUT2D eigenvalue weighted by atomic mass is 32.2. The molecule has 0 aliphatic rings. The monoisotopic (exact) mass is 307 g/mol. The van der Waals surface area contributed by atoms with Crippen LogP contribution in [0.1, 0.15) is 31.9 Å². The van der Waals surface area contributed by atoms with Crippen molar-refractivity contribution in [3.63, 3.8) is 0 Å². The molecule has 0 saturated heterocycles. The van der Waals surface area contributed by atoms with E-state index in [1.54, 1.807) is 0 Å². The van der Waals surface area contributed by atoms with Crippen LogP contribution in [0, 0.1) is 0 Å². The van der Waals surface area contributed by atoms with Crippen molar-refractivity contribution in [3.8, 4) is 0 Å². The normalized spacial score (nSPS) is 14.8. The number of nitrogens with one attached hydrogen (secondary N) is 1. The van der Waals surface area contributed by atoms with Crippen LogP contribution in [0.2, 0.25) is 0 Å². The number of thioether (sulfide) groups is 1. The molecule has 2 unspecified atom stereocenters. The Balaban J connectivity index is 2.85. The highest BCUT2D eigenvalue weighted by Gasteiger charge is 2.29. The summed E-state index contributed by atoms with van der Waals surface area (Å²) in [7, 11) is 0. The Morgan fingerprint density at radius 3 is 2.30 bits per heavy atom. The molecule has 0 saturated carbocycles. The molecule has 0 heterocycles. The standard InChI is InChI=1S/C13H16F3NO2S/c1-3-8(2)17-11(12(18)19)9-4-6-10(7-5-9)20-13(14,15)16/h4-8,11,17H,3H2,1-2H3,(H,18,19). The lowest BCUT2D eigenvalue weighted by Crippen LogP contribution is -2.34. The Kier molecular flexibility index (Phi) is 5.88. The van der Waals surface area contributed by atoms with Crippen LogP contribution in [0.3, 0.4) is 0 Å². The van der Waals surface area contributed by atoms with Crippen LogP contribution in [-0.2, 0) is 4.79 Å². The summed E-state index contributed by atoms with van der Waals surface area (Å²) in [5.74, 6) is -1.05. The van der Waals surface area contributed by atoms with Crippen molar-refractivity contribution in [2.75, 3.05) is 0 Å². The van der Waals surface area contributed by atoms with Gasteiger partial charge in [0.2, 0.25) is 0 Å². The molecule has 3 nitrogen and oxygen atoms in total. The van der Waals surface area contributed by atoms with Gasteiger partial charge in [-0.1, -0.05) is 19.1 Å². The minimum atomic E-state index is -4.34. The van der Waals surface area contributed by atoms with E-state index in [-0.39, 0.29) is 22.7 Å². The molecule has 0 spiro atoms. The first-order chi connectivity index (χ1) is 9.23. The molecule has 2 atom stereocenters. The van der Waals surface area contributed by atoms with E-state index in [1.165, 1.54) is 24.3 Å². The third-order valence-electron chi connectivity index (χ3n) is 2.76. The smallest absolute Gasteiger partial charge is 0.446 e. The first-order valence-electron chi connectivity index (χ1n) is 6.07. The molecule has 1 aromatic carbocycles. The third kappa shape index (κ3) is 5.42. The van der Waals surface area contributed by atoms with Crippen LogP contribution < -0.4 is 5.32 Å². The molecule has 1 aromatic rings. The summed E-state index contributed by atoms with van der Waals surface area (Å²) in [6.07, 6.45) is 0.756. The highest BCUT2D eigenvalue weighted by Crippen LogP contribution is 2.37. The second kappa shape index (κ2) is 6.99. The predicted octanol–water partition coefficient (Wildman–Crippen LogP) is 3.81. The number of aliphatic carboxylic acids is 1. The highest BCUT2D eigenvalue weighted by molar-refractivity contribution is 8.00. The van der Waals surface area contributed by atoms with Crippen LogP contribution in [0.25, 0.3) is 0 Å². The van der Waals surface area contributed by atoms with Gasteiger partial charge < -0.3 is 5.11 Å². The van der Waals surface area contributed by atoms with Gasteiger partial charge in [0.25, 0.3) is 0 Å². The minimum Gasteiger partial charge on any atom is -0.480 e. The van der Waals surface area contributed by atoms with E-state index in [2.05, 4.69) is 5.32 Å². The SMILES string of the molecule is CCC(C)NC(C(=O)O)c1ccc(SC(F)(F)F)cc1. The number of carboxylic acids is 1. The van der Waals surface area contributed by atoms with Crippen LogP contribution in [0.15, 0.2) is 29.2 Å². The maximum Gasteiger partial charge on any atom is 0.446 e. The average Bonchev–Trinajstić information content (AvgIpc) is 2.34. The van der Waals surface area contributed by atoms with Gasteiger partial charge >= 0.3 is 11.5 Å². The second-order valence-corrected chi connectivity index (χ2v) is 5.50. The van der Waals surface area contributed by atoms with Crippen molar-refractivity contribution in [2.45, 2.75) is 42.8 Å². The van der Waals surface area contributed by atoms with Crippen LogP contribution in [-0.4, -0.2) is 22.6 Å². The molecule has 2 N–H and O–H groups in total. The van der Waals surface area contributed by atoms with Gasteiger partial charge in [-0.05, 0) is 42.8 Å². The van der Waals surface area contributed by atoms with E-state index in [0.717, 1.165) is 6.42 Å². The minimum absolute atomic E-state index is 0.000302. The van der Waals surface area contributed by atoms with Gasteiger partial charge in [0, 0.05) is 10.9 Å². The largest absolute Gasteiger partial charge is 0.480 e. The Labute approximate surface area is 119 Å². The quantitative estimate of drug-likeness (QED) is 0.785. The molecule has 0 fully saturated rings. The molecular weight excluding hydrogens is 291 g/mol. The predicted molar refractivity (Wildman–Crippen MR) is 71.6 cm³/mol. The molecular formula is C13H16F3NO2S. The van der Waals surface area contributed by atoms with Crippen LogP contribution in [0.5, 0.6) is 0 Å². The molecule has 0 bridgehead atoms. The summed E-state index contributed by atoms with van der Waals surface area (Å²) in [4.78, 5) is 11.3. The number of hydrogen-bond donors (Lipinski definition) is 2. The number of halogens is 3. The number of rotatable bonds is 6. The first kappa shape index (κ1) is 16.8. The van der Waals surface area contributed by atoms with Gasteiger partial charge in [-0.3, -0.25) is 10.1 Å². The zero-order chi connectivity index (χ0) is 15.3. The van der Waals surface area contributed by atoms with Gasteiger partial charge in [-0.25, -0.2) is 0 Å². The van der Waals surface area contributed by atoms with Gasteiger partial charge in [0.15, 0.2) is 0 Å². The Bertz CT molecular complexity index is 448. The average molecular weight is 307 g/mol. The number of carbonyl (C=O) groups is 1. The summed E-state index contributed by atoms with van der Waals surface area (Å²) < 4.78 is 36.6. The lowest BCUT2D eigenvalue weighted by atomic mass is 10.1. The Hall–Kier alpha value is -1.21. The second-order valence-electron chi connectivity index (χ2n) is 4.36. The molecule has 0 amide bonds. The number of carboxylic acid groups (broad SMARTS) is 1. The Morgan fingerprint density at radius 1 is 1.35 bits per heavy atom. The lowest BCUT2D eigenvalue weighted by Gasteiger charge is -2.19. The Morgan fingerprint density at radius 2 is 1.90 bits per heavy atom. The molecule has 1 rings (SSSR count). The summed E-state index contributed by atoms with van der Waals surface area (Å²) in [5, 5.41) is 12.1. The molecule has 0 aliphatic heterocycles. The zero-order valence-corrected chi connectivity index (χ0v) is 11.9. The number of benzene rings is 1. The van der Waals surface area contributed by atoms with E-state index in [1.807, 2.05) is 13.8 Å². The van der Waals surface area contributed by atoms with Crippen molar-refractivity contribution in [1.29, 1.82) is 0 Å². The lowest BCUT2D eigenvalue weighted by molar-refractivity contribution is -0.139.